The van der Waals surface area contributed by atoms with Gasteiger partial charge < -0.3 is 36.0 Å². The molecule has 2 aromatic heterocycles. The zero-order valence-electron chi connectivity index (χ0n) is 36.1. The molecular weight excluding hydrogens is 759 g/mol. The molecule has 0 spiro atoms. The summed E-state index contributed by atoms with van der Waals surface area (Å²) in [6, 6.07) is 23.2. The van der Waals surface area contributed by atoms with Crippen molar-refractivity contribution in [1.82, 2.24) is 35.7 Å². The van der Waals surface area contributed by atoms with Gasteiger partial charge in [-0.3, -0.25) is 19.6 Å². The van der Waals surface area contributed by atoms with Crippen molar-refractivity contribution in [3.63, 3.8) is 0 Å². The number of hydrogen-bond acceptors (Lipinski definition) is 7. The molecule has 3 heterocycles. The van der Waals surface area contributed by atoms with E-state index in [4.69, 9.17) is 0 Å². The lowest BCUT2D eigenvalue weighted by atomic mass is 9.84. The first-order valence-electron chi connectivity index (χ1n) is 20.6. The van der Waals surface area contributed by atoms with Gasteiger partial charge in [-0.25, -0.2) is 9.59 Å². The van der Waals surface area contributed by atoms with Gasteiger partial charge in [0.25, 0.3) is 0 Å². The lowest BCUT2D eigenvalue weighted by Crippen LogP contribution is -2.59. The SMILES string of the molecule is Cc1ccc(-c2ccc(C[C@@H](C[C@H](O)[C@H](Cc3ccccc3)NC(=O)[C@@H](N3CCN(Cc4cccc(C)n4)C3=O)C(C)(C)C)NC(=O)[C@@H](NC(=O)O)C(C)(C)C)cc2)nc1. The van der Waals surface area contributed by atoms with Gasteiger partial charge in [-0.2, -0.15) is 0 Å². The number of aryl methyl sites for hydroxylation is 2. The van der Waals surface area contributed by atoms with Gasteiger partial charge in [-0.05, 0) is 78.8 Å². The molecule has 0 saturated carbocycles. The van der Waals surface area contributed by atoms with Gasteiger partial charge >= 0.3 is 12.1 Å². The minimum atomic E-state index is -1.33. The average molecular weight is 820 g/mol. The summed E-state index contributed by atoms with van der Waals surface area (Å²) in [6.45, 7) is 16.0. The molecule has 60 heavy (non-hydrogen) atoms. The minimum Gasteiger partial charge on any atom is -0.465 e. The fourth-order valence-electron chi connectivity index (χ4n) is 7.75. The Morgan fingerprint density at radius 1 is 0.767 bits per heavy atom. The molecule has 2 aromatic carbocycles. The molecule has 1 fully saturated rings. The standard InChI is InChI=1S/C47H61N7O6/c1-30-17-22-37(48-28-30)34-20-18-33(19-21-34)25-36(50-42(56)40(46(3,4)5)52-44(58)59)27-39(55)38(26-32-14-10-9-11-15-32)51-43(57)41(47(6,7)8)54-24-23-53(45(54)60)29-35-16-12-13-31(2)49-35/h9-22,28,36,38-41,52,55H,23-27,29H2,1-8H3,(H,50,56)(H,51,57)(H,58,59)/t36-,38-,39-,40+,41+/m0/s1. The Labute approximate surface area is 354 Å². The summed E-state index contributed by atoms with van der Waals surface area (Å²) < 4.78 is 0. The molecule has 5 N–H and O–H groups in total. The van der Waals surface area contributed by atoms with Crippen LogP contribution in [-0.2, 0) is 29.0 Å². The summed E-state index contributed by atoms with van der Waals surface area (Å²) in [5.41, 5.74) is 4.72. The maximum Gasteiger partial charge on any atom is 0.405 e. The number of amides is 5. The molecule has 13 heteroatoms. The van der Waals surface area contributed by atoms with Crippen LogP contribution < -0.4 is 16.0 Å². The summed E-state index contributed by atoms with van der Waals surface area (Å²) in [5, 5.41) is 30.4. The molecule has 0 unspecified atom stereocenters. The number of carboxylic acid groups (broad SMARTS) is 1. The monoisotopic (exact) mass is 819 g/mol. The van der Waals surface area contributed by atoms with E-state index in [0.717, 1.165) is 39.3 Å². The second kappa shape index (κ2) is 19.5. The quantitative estimate of drug-likeness (QED) is 0.0875. The lowest BCUT2D eigenvalue weighted by Gasteiger charge is -2.38. The molecule has 5 rings (SSSR count). The molecule has 5 atom stereocenters. The van der Waals surface area contributed by atoms with Crippen molar-refractivity contribution >= 4 is 23.9 Å². The van der Waals surface area contributed by atoms with Gasteiger partial charge in [0, 0.05) is 36.6 Å². The highest BCUT2D eigenvalue weighted by Crippen LogP contribution is 2.29. The molecule has 4 aromatic rings. The van der Waals surface area contributed by atoms with Gasteiger partial charge in [0.1, 0.15) is 12.1 Å². The number of carbonyl (C=O) groups excluding carboxylic acids is 3. The van der Waals surface area contributed by atoms with Crippen molar-refractivity contribution in [1.29, 1.82) is 0 Å². The third kappa shape index (κ3) is 12.4. The maximum absolute atomic E-state index is 14.6. The van der Waals surface area contributed by atoms with Crippen molar-refractivity contribution in [3.8, 4) is 11.3 Å². The van der Waals surface area contributed by atoms with Crippen LogP contribution in [0.4, 0.5) is 9.59 Å². The smallest absolute Gasteiger partial charge is 0.405 e. The van der Waals surface area contributed by atoms with Gasteiger partial charge in [-0.1, -0.05) is 108 Å². The number of nitrogens with one attached hydrogen (secondary N) is 3. The summed E-state index contributed by atoms with van der Waals surface area (Å²) in [5.74, 6) is -0.928. The van der Waals surface area contributed by atoms with Crippen LogP contribution in [0.5, 0.6) is 0 Å². The van der Waals surface area contributed by atoms with Crippen molar-refractivity contribution < 1.29 is 29.4 Å². The second-order valence-corrected chi connectivity index (χ2v) is 18.1. The minimum absolute atomic E-state index is 0.0226. The van der Waals surface area contributed by atoms with E-state index in [2.05, 4.69) is 25.9 Å². The first-order valence-corrected chi connectivity index (χ1v) is 20.6. The lowest BCUT2D eigenvalue weighted by molar-refractivity contribution is -0.131. The topological polar surface area (TPSA) is 177 Å². The molecule has 320 valence electrons. The second-order valence-electron chi connectivity index (χ2n) is 18.1. The van der Waals surface area contributed by atoms with E-state index in [1.807, 2.05) is 126 Å². The predicted octanol–water partition coefficient (Wildman–Crippen LogP) is 6.30. The summed E-state index contributed by atoms with van der Waals surface area (Å²) in [6.07, 6.45) is -0.0903. The van der Waals surface area contributed by atoms with E-state index in [9.17, 15) is 29.4 Å². The van der Waals surface area contributed by atoms with Crippen LogP contribution in [0.15, 0.2) is 91.1 Å². The third-order valence-corrected chi connectivity index (χ3v) is 10.8. The van der Waals surface area contributed by atoms with Crippen LogP contribution in [0, 0.1) is 24.7 Å². The van der Waals surface area contributed by atoms with E-state index in [0.29, 0.717) is 26.1 Å². The van der Waals surface area contributed by atoms with E-state index in [1.54, 1.807) is 30.6 Å². The van der Waals surface area contributed by atoms with Crippen molar-refractivity contribution in [2.24, 2.45) is 10.8 Å². The first-order chi connectivity index (χ1) is 28.3. The fraction of sp³-hybridized carbons (Fsp3) is 0.447. The normalized spacial score (nSPS) is 15.8. The largest absolute Gasteiger partial charge is 0.465 e. The van der Waals surface area contributed by atoms with Gasteiger partial charge in [-0.15, -0.1) is 0 Å². The Balaban J connectivity index is 1.41. The van der Waals surface area contributed by atoms with Crippen LogP contribution in [0.1, 0.15) is 76.0 Å². The Bertz CT molecular complexity index is 2080. The Morgan fingerprint density at radius 2 is 1.45 bits per heavy atom. The number of aliphatic hydroxyl groups excluding tert-OH is 1. The molecule has 5 amide bonds. The van der Waals surface area contributed by atoms with Crippen molar-refractivity contribution in [3.05, 3.63) is 119 Å². The third-order valence-electron chi connectivity index (χ3n) is 10.8. The number of pyridine rings is 2. The highest BCUT2D eigenvalue weighted by molar-refractivity contribution is 5.89. The molecule has 0 radical (unpaired) electrons. The number of nitrogens with zero attached hydrogens (tertiary/aromatic N) is 4. The van der Waals surface area contributed by atoms with Crippen LogP contribution in [0.3, 0.4) is 0 Å². The maximum atomic E-state index is 14.6. The summed E-state index contributed by atoms with van der Waals surface area (Å²) in [7, 11) is 0. The number of benzene rings is 2. The molecule has 13 nitrogen and oxygen atoms in total. The zero-order valence-corrected chi connectivity index (χ0v) is 36.1. The number of carbonyl (C=O) groups is 4. The van der Waals surface area contributed by atoms with Crippen LogP contribution in [-0.4, -0.2) is 97.3 Å². The predicted molar refractivity (Wildman–Crippen MR) is 232 cm³/mol. The van der Waals surface area contributed by atoms with Crippen molar-refractivity contribution in [2.75, 3.05) is 13.1 Å². The molecular formula is C47H61N7O6. The molecule has 1 saturated heterocycles. The highest BCUT2D eigenvalue weighted by Gasteiger charge is 2.44. The number of aromatic nitrogens is 2. The van der Waals surface area contributed by atoms with Gasteiger partial charge in [0.15, 0.2) is 0 Å². The van der Waals surface area contributed by atoms with Crippen LogP contribution in [0.2, 0.25) is 0 Å². The molecule has 1 aliphatic rings. The highest BCUT2D eigenvalue weighted by atomic mass is 16.4. The molecule has 1 aliphatic heterocycles. The average Bonchev–Trinajstić information content (AvgIpc) is 3.51. The summed E-state index contributed by atoms with van der Waals surface area (Å²) >= 11 is 0. The Kier molecular flexibility index (Phi) is 14.7. The number of hydrogen-bond donors (Lipinski definition) is 5. The molecule has 0 bridgehead atoms. The Morgan fingerprint density at radius 3 is 2.05 bits per heavy atom. The first kappa shape index (κ1) is 45.3. The van der Waals surface area contributed by atoms with E-state index in [1.165, 1.54) is 0 Å². The summed E-state index contributed by atoms with van der Waals surface area (Å²) in [4.78, 5) is 66.6. The van der Waals surface area contributed by atoms with Crippen molar-refractivity contribution in [2.45, 2.75) is 111 Å². The Hall–Kier alpha value is -5.82. The fourth-order valence-corrected chi connectivity index (χ4v) is 7.75. The van der Waals surface area contributed by atoms with Crippen LogP contribution >= 0.6 is 0 Å². The zero-order chi connectivity index (χ0) is 43.8. The van der Waals surface area contributed by atoms with E-state index in [-0.39, 0.29) is 18.9 Å². The van der Waals surface area contributed by atoms with Crippen LogP contribution in [0.25, 0.3) is 11.3 Å². The van der Waals surface area contributed by atoms with Gasteiger partial charge in [0.05, 0.1) is 30.1 Å². The van der Waals surface area contributed by atoms with E-state index >= 15 is 0 Å². The van der Waals surface area contributed by atoms with E-state index < -0.39 is 59.0 Å². The number of rotatable bonds is 16. The number of aliphatic hydroxyl groups is 1. The number of urea groups is 1. The van der Waals surface area contributed by atoms with Gasteiger partial charge in [0.2, 0.25) is 11.8 Å². The molecule has 0 aliphatic carbocycles.